The van der Waals surface area contributed by atoms with Crippen molar-refractivity contribution in [3.8, 4) is 5.69 Å². The summed E-state index contributed by atoms with van der Waals surface area (Å²) in [6.45, 7) is 0. The maximum Gasteiger partial charge on any atom is 0.337 e. The van der Waals surface area contributed by atoms with Crippen LogP contribution in [-0.4, -0.2) is 20.6 Å². The Balaban J connectivity index is 2.06. The van der Waals surface area contributed by atoms with E-state index >= 15 is 0 Å². The normalized spacial score (nSPS) is 14.5. The summed E-state index contributed by atoms with van der Waals surface area (Å²) in [6.07, 6.45) is 2.25. The molecule has 0 radical (unpaired) electrons. The highest BCUT2D eigenvalue weighted by Gasteiger charge is 2.31. The highest BCUT2D eigenvalue weighted by molar-refractivity contribution is 6.01. The fourth-order valence-electron chi connectivity index (χ4n) is 2.75. The van der Waals surface area contributed by atoms with Gasteiger partial charge in [-0.2, -0.15) is 0 Å². The molecule has 2 aromatic carbocycles. The fourth-order valence-corrected chi connectivity index (χ4v) is 2.75. The minimum absolute atomic E-state index is 0.268. The Morgan fingerprint density at radius 1 is 1.10 bits per heavy atom. The van der Waals surface area contributed by atoms with Gasteiger partial charge in [0.2, 0.25) is 0 Å². The van der Waals surface area contributed by atoms with Crippen molar-refractivity contribution in [2.24, 2.45) is 0 Å². The first kappa shape index (κ1) is 12.1. The van der Waals surface area contributed by atoms with Crippen LogP contribution in [0.3, 0.4) is 0 Å². The molecule has 0 atom stereocenters. The molecule has 1 aromatic heterocycles. The van der Waals surface area contributed by atoms with E-state index in [0.29, 0.717) is 11.4 Å². The van der Waals surface area contributed by atoms with Gasteiger partial charge in [-0.05, 0) is 37.1 Å². The van der Waals surface area contributed by atoms with Crippen LogP contribution in [-0.2, 0) is 0 Å². The molecule has 0 aliphatic heterocycles. The van der Waals surface area contributed by atoms with Crippen LogP contribution in [0.15, 0.2) is 48.5 Å². The van der Waals surface area contributed by atoms with E-state index in [1.807, 2.05) is 36.4 Å². The Morgan fingerprint density at radius 3 is 2.52 bits per heavy atom. The first-order valence-electron chi connectivity index (χ1n) is 7.06. The number of para-hydroxylation sites is 2. The van der Waals surface area contributed by atoms with Crippen LogP contribution in [0.1, 0.15) is 34.9 Å². The summed E-state index contributed by atoms with van der Waals surface area (Å²) in [5, 5.41) is 9.36. The molecular formula is C17H14N2O2. The molecule has 1 N–H and O–H groups in total. The Morgan fingerprint density at radius 2 is 1.86 bits per heavy atom. The lowest BCUT2D eigenvalue weighted by Gasteiger charge is -2.08. The molecule has 1 aliphatic carbocycles. The van der Waals surface area contributed by atoms with E-state index in [-0.39, 0.29) is 5.56 Å². The molecule has 1 fully saturated rings. The molecule has 4 heteroatoms. The standard InChI is InChI=1S/C17H14N2O2/c20-17(21)13-7-4-8-14-15(13)18-16(11-9-10-11)19(14)12-5-2-1-3-6-12/h1-8,11H,9-10H2,(H,20,21). The van der Waals surface area contributed by atoms with Crippen molar-refractivity contribution in [1.29, 1.82) is 0 Å². The lowest BCUT2D eigenvalue weighted by atomic mass is 10.2. The third kappa shape index (κ3) is 1.91. The lowest BCUT2D eigenvalue weighted by molar-refractivity contribution is 0.0699. The molecular weight excluding hydrogens is 264 g/mol. The van der Waals surface area contributed by atoms with E-state index in [2.05, 4.69) is 9.55 Å². The molecule has 1 heterocycles. The van der Waals surface area contributed by atoms with Gasteiger partial charge < -0.3 is 5.11 Å². The molecule has 104 valence electrons. The summed E-state index contributed by atoms with van der Waals surface area (Å²) >= 11 is 0. The third-order valence-electron chi connectivity index (χ3n) is 3.90. The number of hydrogen-bond donors (Lipinski definition) is 1. The minimum atomic E-state index is -0.930. The van der Waals surface area contributed by atoms with Crippen molar-refractivity contribution in [1.82, 2.24) is 9.55 Å². The Kier molecular flexibility index (Phi) is 2.57. The second-order valence-corrected chi connectivity index (χ2v) is 5.39. The predicted octanol–water partition coefficient (Wildman–Crippen LogP) is 3.60. The molecule has 4 nitrogen and oxygen atoms in total. The average molecular weight is 278 g/mol. The first-order valence-corrected chi connectivity index (χ1v) is 7.06. The highest BCUT2D eigenvalue weighted by Crippen LogP contribution is 2.42. The first-order chi connectivity index (χ1) is 10.3. The summed E-state index contributed by atoms with van der Waals surface area (Å²) in [4.78, 5) is 16.1. The topological polar surface area (TPSA) is 55.1 Å². The van der Waals surface area contributed by atoms with Gasteiger partial charge in [-0.1, -0.05) is 24.3 Å². The van der Waals surface area contributed by atoms with E-state index in [1.54, 1.807) is 12.1 Å². The van der Waals surface area contributed by atoms with Crippen LogP contribution in [0.25, 0.3) is 16.7 Å². The third-order valence-corrected chi connectivity index (χ3v) is 3.90. The summed E-state index contributed by atoms with van der Waals surface area (Å²) in [7, 11) is 0. The predicted molar refractivity (Wildman–Crippen MR) is 80.0 cm³/mol. The quantitative estimate of drug-likeness (QED) is 0.796. The van der Waals surface area contributed by atoms with Crippen molar-refractivity contribution in [2.45, 2.75) is 18.8 Å². The van der Waals surface area contributed by atoms with Gasteiger partial charge >= 0.3 is 5.97 Å². The number of aromatic nitrogens is 2. The average Bonchev–Trinajstić information content (AvgIpc) is 3.27. The monoisotopic (exact) mass is 278 g/mol. The number of hydrogen-bond acceptors (Lipinski definition) is 2. The van der Waals surface area contributed by atoms with E-state index in [1.165, 1.54) is 0 Å². The molecule has 0 spiro atoms. The smallest absolute Gasteiger partial charge is 0.337 e. The Labute approximate surface area is 121 Å². The molecule has 1 aliphatic rings. The number of benzene rings is 2. The van der Waals surface area contributed by atoms with Crippen LogP contribution in [0, 0.1) is 0 Å². The van der Waals surface area contributed by atoms with E-state index in [4.69, 9.17) is 0 Å². The molecule has 0 amide bonds. The SMILES string of the molecule is O=C(O)c1cccc2c1nc(C1CC1)n2-c1ccccc1. The van der Waals surface area contributed by atoms with Gasteiger partial charge in [0, 0.05) is 11.6 Å². The number of fused-ring (bicyclic) bond motifs is 1. The summed E-state index contributed by atoms with van der Waals surface area (Å²) in [6, 6.07) is 15.3. The summed E-state index contributed by atoms with van der Waals surface area (Å²) < 4.78 is 2.10. The van der Waals surface area contributed by atoms with E-state index in [0.717, 1.165) is 29.9 Å². The van der Waals surface area contributed by atoms with Crippen LogP contribution < -0.4 is 0 Å². The number of carboxylic acids is 1. The zero-order valence-electron chi connectivity index (χ0n) is 11.4. The summed E-state index contributed by atoms with van der Waals surface area (Å²) in [5.74, 6) is 0.491. The fraction of sp³-hybridized carbons (Fsp3) is 0.176. The van der Waals surface area contributed by atoms with Crippen LogP contribution in [0.4, 0.5) is 0 Å². The van der Waals surface area contributed by atoms with Gasteiger partial charge in [0.25, 0.3) is 0 Å². The second kappa shape index (κ2) is 4.45. The van der Waals surface area contributed by atoms with E-state index < -0.39 is 5.97 Å². The van der Waals surface area contributed by atoms with Crippen molar-refractivity contribution < 1.29 is 9.90 Å². The molecule has 21 heavy (non-hydrogen) atoms. The zero-order valence-corrected chi connectivity index (χ0v) is 11.4. The largest absolute Gasteiger partial charge is 0.478 e. The second-order valence-electron chi connectivity index (χ2n) is 5.39. The van der Waals surface area contributed by atoms with Crippen molar-refractivity contribution in [2.75, 3.05) is 0 Å². The maximum atomic E-state index is 11.4. The molecule has 1 saturated carbocycles. The molecule has 0 saturated heterocycles. The number of nitrogens with zero attached hydrogens (tertiary/aromatic N) is 2. The molecule has 0 unspecified atom stereocenters. The number of carboxylic acid groups (broad SMARTS) is 1. The Bertz CT molecular complexity index is 833. The Hall–Kier alpha value is -2.62. The van der Waals surface area contributed by atoms with Gasteiger partial charge in [-0.3, -0.25) is 4.57 Å². The number of imidazole rings is 1. The molecule has 4 rings (SSSR count). The zero-order chi connectivity index (χ0) is 14.4. The molecule has 0 bridgehead atoms. The van der Waals surface area contributed by atoms with Crippen LogP contribution in [0.2, 0.25) is 0 Å². The van der Waals surface area contributed by atoms with Gasteiger partial charge in [0.1, 0.15) is 11.3 Å². The van der Waals surface area contributed by atoms with Crippen molar-refractivity contribution >= 4 is 17.0 Å². The van der Waals surface area contributed by atoms with Gasteiger partial charge in [-0.25, -0.2) is 9.78 Å². The number of carbonyl (C=O) groups is 1. The summed E-state index contributed by atoms with van der Waals surface area (Å²) in [5.41, 5.74) is 2.74. The van der Waals surface area contributed by atoms with E-state index in [9.17, 15) is 9.90 Å². The lowest BCUT2D eigenvalue weighted by Crippen LogP contribution is -1.99. The van der Waals surface area contributed by atoms with Crippen LogP contribution >= 0.6 is 0 Å². The number of aromatic carboxylic acids is 1. The molecule has 3 aromatic rings. The van der Waals surface area contributed by atoms with Crippen molar-refractivity contribution in [3.05, 3.63) is 59.9 Å². The highest BCUT2D eigenvalue weighted by atomic mass is 16.4. The van der Waals surface area contributed by atoms with Crippen molar-refractivity contribution in [3.63, 3.8) is 0 Å². The van der Waals surface area contributed by atoms with Gasteiger partial charge in [-0.15, -0.1) is 0 Å². The number of rotatable bonds is 3. The van der Waals surface area contributed by atoms with Crippen LogP contribution in [0.5, 0.6) is 0 Å². The van der Waals surface area contributed by atoms with Gasteiger partial charge in [0.05, 0.1) is 11.1 Å². The maximum absolute atomic E-state index is 11.4. The van der Waals surface area contributed by atoms with Gasteiger partial charge in [0.15, 0.2) is 0 Å². The minimum Gasteiger partial charge on any atom is -0.478 e.